The number of hydrogen-bond donors (Lipinski definition) is 1. The Morgan fingerprint density at radius 2 is 1.82 bits per heavy atom. The number of nitrogens with zero attached hydrogens (tertiary/aromatic N) is 3. The van der Waals surface area contributed by atoms with Gasteiger partial charge in [0.1, 0.15) is 11.8 Å². The molecule has 0 spiro atoms. The third kappa shape index (κ3) is 6.49. The van der Waals surface area contributed by atoms with E-state index in [2.05, 4.69) is 5.32 Å². The number of carbonyl (C=O) groups is 3. The average molecular weight is 555 g/mol. The van der Waals surface area contributed by atoms with Gasteiger partial charge in [0.2, 0.25) is 5.91 Å². The molecule has 0 aliphatic carbocycles. The van der Waals surface area contributed by atoms with Crippen molar-refractivity contribution >= 4 is 35.1 Å². The molecule has 1 saturated heterocycles. The van der Waals surface area contributed by atoms with Crippen LogP contribution in [0.15, 0.2) is 42.5 Å². The summed E-state index contributed by atoms with van der Waals surface area (Å²) in [6.45, 7) is 10.5. The third-order valence-electron chi connectivity index (χ3n) is 7.38. The first-order valence-electron chi connectivity index (χ1n) is 13.9. The lowest BCUT2D eigenvalue weighted by atomic mass is 10.0. The zero-order valence-corrected chi connectivity index (χ0v) is 24.0. The molecule has 8 nitrogen and oxygen atoms in total. The highest BCUT2D eigenvalue weighted by molar-refractivity contribution is 6.34. The van der Waals surface area contributed by atoms with E-state index in [0.29, 0.717) is 29.5 Å². The lowest BCUT2D eigenvalue weighted by molar-refractivity contribution is -0.133. The highest BCUT2D eigenvalue weighted by atomic mass is 35.5. The smallest absolute Gasteiger partial charge is 0.318 e. The number of ether oxygens (including phenoxy) is 1. The molecule has 0 aromatic heterocycles. The molecular formula is C30H39ClN4O4. The Hall–Kier alpha value is -3.26. The summed E-state index contributed by atoms with van der Waals surface area (Å²) in [5.41, 5.74) is 1.95. The van der Waals surface area contributed by atoms with Crippen LogP contribution in [0.4, 0.5) is 10.5 Å². The maximum atomic E-state index is 13.8. The topological polar surface area (TPSA) is 82.2 Å². The van der Waals surface area contributed by atoms with Gasteiger partial charge in [0, 0.05) is 37.9 Å². The van der Waals surface area contributed by atoms with Crippen molar-refractivity contribution in [3.63, 3.8) is 0 Å². The lowest BCUT2D eigenvalue weighted by Crippen LogP contribution is -2.56. The Kier molecular flexibility index (Phi) is 9.38. The summed E-state index contributed by atoms with van der Waals surface area (Å²) in [5, 5.41) is 3.33. The molecule has 39 heavy (non-hydrogen) atoms. The summed E-state index contributed by atoms with van der Waals surface area (Å²) < 4.78 is 5.66. The van der Waals surface area contributed by atoms with E-state index in [4.69, 9.17) is 16.3 Å². The summed E-state index contributed by atoms with van der Waals surface area (Å²) >= 11 is 6.54. The Morgan fingerprint density at radius 1 is 1.10 bits per heavy atom. The van der Waals surface area contributed by atoms with Gasteiger partial charge in [-0.3, -0.25) is 9.59 Å². The second-order valence-electron chi connectivity index (χ2n) is 10.7. The zero-order valence-electron chi connectivity index (χ0n) is 23.3. The molecule has 0 bridgehead atoms. The van der Waals surface area contributed by atoms with E-state index < -0.39 is 6.04 Å². The number of fused-ring (bicyclic) bond motifs is 1. The third-order valence-corrected chi connectivity index (χ3v) is 7.69. The molecule has 1 fully saturated rings. The van der Waals surface area contributed by atoms with E-state index in [9.17, 15) is 14.4 Å². The maximum Gasteiger partial charge on any atom is 0.318 e. The fourth-order valence-corrected chi connectivity index (χ4v) is 5.41. The summed E-state index contributed by atoms with van der Waals surface area (Å²) in [7, 11) is 0. The van der Waals surface area contributed by atoms with Crippen molar-refractivity contribution in [1.29, 1.82) is 0 Å². The number of para-hydroxylation sites is 1. The molecule has 2 aromatic rings. The highest BCUT2D eigenvalue weighted by Crippen LogP contribution is 2.31. The van der Waals surface area contributed by atoms with Gasteiger partial charge in [-0.15, -0.1) is 0 Å². The predicted molar refractivity (Wildman–Crippen MR) is 153 cm³/mol. The van der Waals surface area contributed by atoms with Crippen LogP contribution in [-0.4, -0.2) is 66.0 Å². The lowest BCUT2D eigenvalue weighted by Gasteiger charge is -2.33. The number of nitrogens with one attached hydrogen (secondary N) is 1. The Bertz CT molecular complexity index is 1200. The predicted octanol–water partition coefficient (Wildman–Crippen LogP) is 5.34. The molecule has 4 amide bonds. The first kappa shape index (κ1) is 28.7. The first-order chi connectivity index (χ1) is 18.7. The van der Waals surface area contributed by atoms with Crippen molar-refractivity contribution < 1.29 is 19.1 Å². The highest BCUT2D eigenvalue weighted by Gasteiger charge is 2.35. The van der Waals surface area contributed by atoms with Gasteiger partial charge in [0.25, 0.3) is 5.91 Å². The number of likely N-dealkylation sites (tertiary alicyclic amines) is 1. The second-order valence-corrected chi connectivity index (χ2v) is 11.1. The largest absolute Gasteiger partial charge is 0.494 e. The zero-order chi connectivity index (χ0) is 28.1. The van der Waals surface area contributed by atoms with Crippen LogP contribution in [0.2, 0.25) is 5.02 Å². The van der Waals surface area contributed by atoms with E-state index in [1.54, 1.807) is 28.0 Å². The molecule has 1 N–H and O–H groups in total. The number of benzene rings is 2. The Balaban J connectivity index is 1.57. The van der Waals surface area contributed by atoms with Crippen molar-refractivity contribution in [3.05, 3.63) is 58.6 Å². The number of carbonyl (C=O) groups excluding carboxylic acids is 3. The number of halogens is 1. The van der Waals surface area contributed by atoms with Crippen molar-refractivity contribution in [1.82, 2.24) is 15.1 Å². The van der Waals surface area contributed by atoms with Crippen molar-refractivity contribution in [3.8, 4) is 5.75 Å². The maximum absolute atomic E-state index is 13.8. The first-order valence-corrected chi connectivity index (χ1v) is 14.3. The Morgan fingerprint density at radius 3 is 2.49 bits per heavy atom. The molecule has 210 valence electrons. The van der Waals surface area contributed by atoms with Crippen molar-refractivity contribution in [2.24, 2.45) is 5.92 Å². The number of amides is 4. The molecule has 2 aliphatic rings. The fraction of sp³-hybridized carbons (Fsp3) is 0.500. The summed E-state index contributed by atoms with van der Waals surface area (Å²) in [6.07, 6.45) is 2.86. The monoisotopic (exact) mass is 554 g/mol. The standard InChI is InChI=1S/C30H39ClN4O4/c1-5-16-39-23-12-13-24(25(31)17-23)28(36)35-18-21(4)34(19-22-10-6-7-11-26(22)35)30(38)32-27(20(2)3)29(37)33-14-8-9-15-33/h6-7,10-13,17,20-21,27H,5,8-9,14-16,18-19H2,1-4H3,(H,32,38)/t21-,27+/m0/s1. The fourth-order valence-electron chi connectivity index (χ4n) is 5.16. The number of rotatable bonds is 7. The van der Waals surface area contributed by atoms with E-state index in [-0.39, 0.29) is 36.3 Å². The molecule has 2 aliphatic heterocycles. The van der Waals surface area contributed by atoms with E-state index in [1.165, 1.54) is 0 Å². The average Bonchev–Trinajstić information content (AvgIpc) is 3.41. The minimum absolute atomic E-state index is 0.0310. The van der Waals surface area contributed by atoms with Crippen LogP contribution in [0.1, 0.15) is 62.9 Å². The summed E-state index contributed by atoms with van der Waals surface area (Å²) in [6, 6.07) is 11.5. The molecule has 2 atom stereocenters. The number of urea groups is 1. The van der Waals surface area contributed by atoms with Gasteiger partial charge in [-0.25, -0.2) is 4.79 Å². The minimum atomic E-state index is -0.605. The van der Waals surface area contributed by atoms with Crippen LogP contribution < -0.4 is 15.0 Å². The van der Waals surface area contributed by atoms with Gasteiger partial charge in [0.05, 0.1) is 17.2 Å². The Labute approximate surface area is 236 Å². The van der Waals surface area contributed by atoms with Crippen LogP contribution in [0, 0.1) is 5.92 Å². The van der Waals surface area contributed by atoms with Crippen LogP contribution in [-0.2, 0) is 11.3 Å². The molecule has 4 rings (SSSR count). The summed E-state index contributed by atoms with van der Waals surface area (Å²) in [4.78, 5) is 45.9. The van der Waals surface area contributed by atoms with Gasteiger partial charge in [-0.1, -0.05) is 50.6 Å². The molecular weight excluding hydrogens is 516 g/mol. The van der Waals surface area contributed by atoms with E-state index in [0.717, 1.165) is 43.6 Å². The van der Waals surface area contributed by atoms with Crippen molar-refractivity contribution in [2.45, 2.75) is 65.6 Å². The van der Waals surface area contributed by atoms with Crippen LogP contribution in [0.5, 0.6) is 5.75 Å². The molecule has 9 heteroatoms. The molecule has 2 heterocycles. The number of anilines is 1. The van der Waals surface area contributed by atoms with E-state index in [1.807, 2.05) is 56.9 Å². The van der Waals surface area contributed by atoms with Crippen LogP contribution >= 0.6 is 11.6 Å². The SMILES string of the molecule is CCCOc1ccc(C(=O)N2C[C@H](C)N(C(=O)N[C@@H](C(=O)N3CCCC3)C(C)C)Cc3ccccc32)c(Cl)c1. The van der Waals surface area contributed by atoms with E-state index >= 15 is 0 Å². The number of hydrogen-bond acceptors (Lipinski definition) is 4. The molecule has 0 radical (unpaired) electrons. The van der Waals surface area contributed by atoms with Gasteiger partial charge in [-0.2, -0.15) is 0 Å². The van der Waals surface area contributed by atoms with Gasteiger partial charge in [0.15, 0.2) is 0 Å². The molecule has 0 saturated carbocycles. The van der Waals surface area contributed by atoms with Gasteiger partial charge >= 0.3 is 6.03 Å². The quantitative estimate of drug-likeness (QED) is 0.501. The molecule has 2 aromatic carbocycles. The van der Waals surface area contributed by atoms with Crippen LogP contribution in [0.25, 0.3) is 0 Å². The minimum Gasteiger partial charge on any atom is -0.494 e. The summed E-state index contributed by atoms with van der Waals surface area (Å²) in [5.74, 6) is 0.291. The van der Waals surface area contributed by atoms with Gasteiger partial charge < -0.3 is 24.8 Å². The van der Waals surface area contributed by atoms with Crippen LogP contribution in [0.3, 0.4) is 0 Å². The molecule has 0 unspecified atom stereocenters. The van der Waals surface area contributed by atoms with Crippen molar-refractivity contribution in [2.75, 3.05) is 31.1 Å². The second kappa shape index (κ2) is 12.7. The normalized spacial score (nSPS) is 18.0. The van der Waals surface area contributed by atoms with Gasteiger partial charge in [-0.05, 0) is 61.9 Å².